The normalized spacial score (nSPS) is 21.1. The molecule has 0 atom stereocenters. The zero-order chi connectivity index (χ0) is 17.6. The highest BCUT2D eigenvalue weighted by Gasteiger charge is 2.34. The molecule has 0 N–H and O–H groups in total. The maximum atomic E-state index is 12.9. The largest absolute Gasteiger partial charge is 0.336 e. The Morgan fingerprint density at radius 1 is 0.917 bits per heavy atom. The van der Waals surface area contributed by atoms with Crippen molar-refractivity contribution in [2.45, 2.75) is 96.6 Å². The van der Waals surface area contributed by atoms with Crippen molar-refractivity contribution in [3.05, 3.63) is 0 Å². The van der Waals surface area contributed by atoms with Crippen LogP contribution in [0.5, 0.6) is 0 Å². The highest BCUT2D eigenvalue weighted by Crippen LogP contribution is 2.30. The van der Waals surface area contributed by atoms with Gasteiger partial charge in [0.15, 0.2) is 9.84 Å². The maximum Gasteiger partial charge on any atom is 0.238 e. The third kappa shape index (κ3) is 6.05. The van der Waals surface area contributed by atoms with E-state index in [1.54, 1.807) is 0 Å². The van der Waals surface area contributed by atoms with E-state index in [1.165, 1.54) is 38.5 Å². The molecule has 2 saturated carbocycles. The van der Waals surface area contributed by atoms with E-state index < -0.39 is 9.84 Å². The molecule has 0 spiro atoms. The molecule has 0 bridgehead atoms. The fourth-order valence-corrected chi connectivity index (χ4v) is 5.67. The molecule has 2 rings (SSSR count). The first-order chi connectivity index (χ1) is 11.4. The standard InChI is InChI=1S/C19H35NO3S/c1-16(2)13-14-24(22,23)15-19(21)20(17-9-5-3-6-10-17)18-11-7-4-8-12-18/h16-18H,3-15H2,1-2H3. The molecular weight excluding hydrogens is 322 g/mol. The molecule has 140 valence electrons. The van der Waals surface area contributed by atoms with E-state index in [4.69, 9.17) is 0 Å². The van der Waals surface area contributed by atoms with Gasteiger partial charge in [-0.2, -0.15) is 0 Å². The molecule has 2 aliphatic rings. The van der Waals surface area contributed by atoms with Crippen LogP contribution in [-0.4, -0.2) is 42.8 Å². The average Bonchev–Trinajstić information content (AvgIpc) is 2.55. The lowest BCUT2D eigenvalue weighted by Crippen LogP contribution is -2.50. The van der Waals surface area contributed by atoms with Crippen molar-refractivity contribution in [2.24, 2.45) is 5.92 Å². The van der Waals surface area contributed by atoms with E-state index in [9.17, 15) is 13.2 Å². The molecule has 0 aromatic carbocycles. The summed E-state index contributed by atoms with van der Waals surface area (Å²) in [6.45, 7) is 4.04. The Kier molecular flexibility index (Phi) is 7.58. The van der Waals surface area contributed by atoms with E-state index in [1.807, 2.05) is 18.7 Å². The molecule has 0 unspecified atom stereocenters. The van der Waals surface area contributed by atoms with Gasteiger partial charge >= 0.3 is 0 Å². The second kappa shape index (κ2) is 9.21. The third-order valence-electron chi connectivity index (χ3n) is 5.57. The van der Waals surface area contributed by atoms with Gasteiger partial charge in [-0.3, -0.25) is 4.79 Å². The second-order valence-electron chi connectivity index (χ2n) is 8.16. The number of hydrogen-bond donors (Lipinski definition) is 0. The summed E-state index contributed by atoms with van der Waals surface area (Å²) < 4.78 is 24.7. The number of rotatable bonds is 7. The van der Waals surface area contributed by atoms with Crippen LogP contribution in [0.3, 0.4) is 0 Å². The Morgan fingerprint density at radius 2 is 1.38 bits per heavy atom. The number of carbonyl (C=O) groups excluding carboxylic acids is 1. The number of nitrogens with zero attached hydrogens (tertiary/aromatic N) is 1. The van der Waals surface area contributed by atoms with Crippen LogP contribution in [0.2, 0.25) is 0 Å². The molecular formula is C19H35NO3S. The van der Waals surface area contributed by atoms with Crippen LogP contribution in [0.15, 0.2) is 0 Å². The Hall–Kier alpha value is -0.580. The molecule has 0 aliphatic heterocycles. The van der Waals surface area contributed by atoms with Crippen molar-refractivity contribution in [1.29, 1.82) is 0 Å². The van der Waals surface area contributed by atoms with Gasteiger partial charge in [-0.25, -0.2) is 8.42 Å². The van der Waals surface area contributed by atoms with Crippen LogP contribution in [0, 0.1) is 5.92 Å². The van der Waals surface area contributed by atoms with E-state index in [0.717, 1.165) is 25.7 Å². The quantitative estimate of drug-likeness (QED) is 0.693. The minimum absolute atomic E-state index is 0.127. The highest BCUT2D eigenvalue weighted by molar-refractivity contribution is 7.92. The van der Waals surface area contributed by atoms with Gasteiger partial charge in [-0.15, -0.1) is 0 Å². The average molecular weight is 358 g/mol. The highest BCUT2D eigenvalue weighted by atomic mass is 32.2. The molecule has 0 aromatic heterocycles. The summed E-state index contributed by atoms with van der Waals surface area (Å²) >= 11 is 0. The summed E-state index contributed by atoms with van der Waals surface area (Å²) in [4.78, 5) is 15.0. The SMILES string of the molecule is CC(C)CCS(=O)(=O)CC(=O)N(C1CCCCC1)C1CCCCC1. The summed E-state index contributed by atoms with van der Waals surface area (Å²) in [7, 11) is -3.29. The zero-order valence-electron chi connectivity index (χ0n) is 15.5. The smallest absolute Gasteiger partial charge is 0.238 e. The Morgan fingerprint density at radius 3 is 1.79 bits per heavy atom. The van der Waals surface area contributed by atoms with Gasteiger partial charge in [0.05, 0.1) is 5.75 Å². The van der Waals surface area contributed by atoms with Gasteiger partial charge in [-0.1, -0.05) is 52.4 Å². The van der Waals surface area contributed by atoms with Crippen molar-refractivity contribution in [3.8, 4) is 0 Å². The van der Waals surface area contributed by atoms with E-state index in [0.29, 0.717) is 12.3 Å². The van der Waals surface area contributed by atoms with Crippen LogP contribution in [0.1, 0.15) is 84.5 Å². The molecule has 0 aromatic rings. The first-order valence-corrected chi connectivity index (χ1v) is 11.7. The predicted octanol–water partition coefficient (Wildman–Crippen LogP) is 3.94. The van der Waals surface area contributed by atoms with Gasteiger partial charge in [0.25, 0.3) is 0 Å². The Labute approximate surface area is 148 Å². The van der Waals surface area contributed by atoms with E-state index >= 15 is 0 Å². The molecule has 4 nitrogen and oxygen atoms in total. The first kappa shape index (κ1) is 19.7. The van der Waals surface area contributed by atoms with Gasteiger partial charge in [-0.05, 0) is 38.0 Å². The molecule has 0 radical (unpaired) electrons. The molecule has 0 saturated heterocycles. The van der Waals surface area contributed by atoms with Crippen molar-refractivity contribution in [1.82, 2.24) is 4.90 Å². The van der Waals surface area contributed by atoms with Gasteiger partial charge in [0, 0.05) is 12.1 Å². The lowest BCUT2D eigenvalue weighted by atomic mass is 9.88. The predicted molar refractivity (Wildman–Crippen MR) is 98.7 cm³/mol. The molecule has 2 fully saturated rings. The molecule has 2 aliphatic carbocycles. The third-order valence-corrected chi connectivity index (χ3v) is 7.12. The number of amides is 1. The fraction of sp³-hybridized carbons (Fsp3) is 0.947. The minimum Gasteiger partial charge on any atom is -0.336 e. The van der Waals surface area contributed by atoms with Gasteiger partial charge < -0.3 is 4.90 Å². The van der Waals surface area contributed by atoms with Crippen LogP contribution in [0.4, 0.5) is 0 Å². The number of carbonyl (C=O) groups is 1. The second-order valence-corrected chi connectivity index (χ2v) is 10.3. The monoisotopic (exact) mass is 357 g/mol. The zero-order valence-corrected chi connectivity index (χ0v) is 16.3. The van der Waals surface area contributed by atoms with Crippen LogP contribution < -0.4 is 0 Å². The van der Waals surface area contributed by atoms with Gasteiger partial charge in [0.1, 0.15) is 5.75 Å². The fourth-order valence-electron chi connectivity index (χ4n) is 4.17. The molecule has 24 heavy (non-hydrogen) atoms. The summed E-state index contributed by atoms with van der Waals surface area (Å²) in [5.41, 5.74) is 0. The Bertz CT molecular complexity index is 471. The van der Waals surface area contributed by atoms with Crippen LogP contribution in [0.25, 0.3) is 0 Å². The van der Waals surface area contributed by atoms with Crippen molar-refractivity contribution in [3.63, 3.8) is 0 Å². The first-order valence-electron chi connectivity index (χ1n) is 9.90. The minimum atomic E-state index is -3.29. The van der Waals surface area contributed by atoms with Crippen LogP contribution in [-0.2, 0) is 14.6 Å². The van der Waals surface area contributed by atoms with Crippen molar-refractivity contribution >= 4 is 15.7 Å². The summed E-state index contributed by atoms with van der Waals surface area (Å²) in [6, 6.07) is 0.546. The summed E-state index contributed by atoms with van der Waals surface area (Å²) in [5, 5.41) is 0. The molecule has 5 heteroatoms. The molecule has 0 heterocycles. The summed E-state index contributed by atoms with van der Waals surface area (Å²) in [6.07, 6.45) is 12.0. The Balaban J connectivity index is 2.05. The summed E-state index contributed by atoms with van der Waals surface area (Å²) in [5.74, 6) is 0.0759. The number of sulfone groups is 1. The van der Waals surface area contributed by atoms with Crippen molar-refractivity contribution in [2.75, 3.05) is 11.5 Å². The topological polar surface area (TPSA) is 54.5 Å². The lowest BCUT2D eigenvalue weighted by molar-refractivity contribution is -0.135. The number of hydrogen-bond acceptors (Lipinski definition) is 3. The van der Waals surface area contributed by atoms with Crippen molar-refractivity contribution < 1.29 is 13.2 Å². The van der Waals surface area contributed by atoms with Gasteiger partial charge in [0.2, 0.25) is 5.91 Å². The van der Waals surface area contributed by atoms with Crippen LogP contribution >= 0.6 is 0 Å². The molecule has 1 amide bonds. The maximum absolute atomic E-state index is 12.9. The van der Waals surface area contributed by atoms with E-state index in [-0.39, 0.29) is 29.5 Å². The lowest BCUT2D eigenvalue weighted by Gasteiger charge is -2.41. The van der Waals surface area contributed by atoms with E-state index in [2.05, 4.69) is 0 Å².